The summed E-state index contributed by atoms with van der Waals surface area (Å²) in [4.78, 5) is 0. The van der Waals surface area contributed by atoms with Crippen LogP contribution in [0, 0.1) is 0 Å². The number of nitrogens with two attached hydrogens (primary N) is 1. The number of benzene rings is 1. The van der Waals surface area contributed by atoms with Crippen molar-refractivity contribution in [2.75, 3.05) is 27.4 Å². The van der Waals surface area contributed by atoms with Crippen LogP contribution in [0.15, 0.2) is 22.7 Å². The molecule has 3 nitrogen and oxygen atoms in total. The number of rotatable bonds is 8. The molecule has 0 aromatic heterocycles. The van der Waals surface area contributed by atoms with Gasteiger partial charge < -0.3 is 15.2 Å². The molecule has 0 heterocycles. The first-order chi connectivity index (χ1) is 9.04. The van der Waals surface area contributed by atoms with Crippen LogP contribution in [-0.2, 0) is 11.2 Å². The van der Waals surface area contributed by atoms with Crippen molar-refractivity contribution in [3.63, 3.8) is 0 Å². The molecule has 0 saturated carbocycles. The Morgan fingerprint density at radius 2 is 2.11 bits per heavy atom. The van der Waals surface area contributed by atoms with Crippen molar-refractivity contribution in [2.45, 2.75) is 24.9 Å². The molecule has 5 heteroatoms. The summed E-state index contributed by atoms with van der Waals surface area (Å²) in [5, 5.41) is 0. The van der Waals surface area contributed by atoms with Crippen LogP contribution in [-0.4, -0.2) is 33.0 Å². The second kappa shape index (κ2) is 7.82. The van der Waals surface area contributed by atoms with Gasteiger partial charge in [0.15, 0.2) is 0 Å². The van der Waals surface area contributed by atoms with Crippen LogP contribution in [0.3, 0.4) is 0 Å². The Morgan fingerprint density at radius 1 is 1.37 bits per heavy atom. The molecule has 0 aliphatic carbocycles. The zero-order valence-corrected chi connectivity index (χ0v) is 13.0. The molecule has 1 unspecified atom stereocenters. The average Bonchev–Trinajstić information content (AvgIpc) is 2.39. The van der Waals surface area contributed by atoms with Gasteiger partial charge in [0.1, 0.15) is 11.4 Å². The van der Waals surface area contributed by atoms with Crippen molar-refractivity contribution in [3.05, 3.63) is 28.2 Å². The Morgan fingerprint density at radius 3 is 2.68 bits per heavy atom. The van der Waals surface area contributed by atoms with E-state index in [1.807, 2.05) is 18.2 Å². The number of methoxy groups -OCH3 is 2. The van der Waals surface area contributed by atoms with Gasteiger partial charge in [-0.15, -0.1) is 0 Å². The highest BCUT2D eigenvalue weighted by atomic mass is 79.9. The van der Waals surface area contributed by atoms with Crippen molar-refractivity contribution in [2.24, 2.45) is 5.73 Å². The van der Waals surface area contributed by atoms with Crippen LogP contribution < -0.4 is 10.5 Å². The summed E-state index contributed by atoms with van der Waals surface area (Å²) in [5.74, 6) is 0.719. The van der Waals surface area contributed by atoms with Crippen molar-refractivity contribution in [1.82, 2.24) is 0 Å². The van der Waals surface area contributed by atoms with Gasteiger partial charge in [0.25, 0.3) is 0 Å². The predicted molar refractivity (Wildman–Crippen MR) is 78.4 cm³/mol. The van der Waals surface area contributed by atoms with Crippen molar-refractivity contribution in [1.29, 1.82) is 0 Å². The molecule has 0 amide bonds. The molecule has 1 atom stereocenters. The van der Waals surface area contributed by atoms with Crippen LogP contribution in [0.1, 0.15) is 18.4 Å². The molecule has 2 N–H and O–H groups in total. The molecule has 108 valence electrons. The van der Waals surface area contributed by atoms with Gasteiger partial charge in [-0.1, -0.05) is 15.9 Å². The largest absolute Gasteiger partial charge is 0.497 e. The van der Waals surface area contributed by atoms with E-state index in [1.54, 1.807) is 7.11 Å². The van der Waals surface area contributed by atoms with Gasteiger partial charge in [-0.3, -0.25) is 0 Å². The number of hydrogen-bond acceptors (Lipinski definition) is 3. The normalized spacial score (nSPS) is 14.2. The van der Waals surface area contributed by atoms with Crippen LogP contribution in [0.2, 0.25) is 0 Å². The van der Waals surface area contributed by atoms with Gasteiger partial charge in [-0.25, -0.2) is 4.39 Å². The predicted octanol–water partition coefficient (Wildman–Crippen LogP) is 3.09. The topological polar surface area (TPSA) is 44.5 Å². The zero-order valence-electron chi connectivity index (χ0n) is 11.4. The van der Waals surface area contributed by atoms with Crippen LogP contribution in [0.4, 0.5) is 4.39 Å². The third-order valence-electron chi connectivity index (χ3n) is 2.99. The summed E-state index contributed by atoms with van der Waals surface area (Å²) in [7, 11) is 3.11. The van der Waals surface area contributed by atoms with Gasteiger partial charge in [-0.05, 0) is 43.1 Å². The van der Waals surface area contributed by atoms with E-state index >= 15 is 0 Å². The fraction of sp³-hybridized carbons (Fsp3) is 0.571. The van der Waals surface area contributed by atoms with E-state index in [4.69, 9.17) is 15.2 Å². The lowest BCUT2D eigenvalue weighted by atomic mass is 9.92. The van der Waals surface area contributed by atoms with Crippen LogP contribution in [0.5, 0.6) is 5.75 Å². The highest BCUT2D eigenvalue weighted by Crippen LogP contribution is 2.30. The van der Waals surface area contributed by atoms with Crippen LogP contribution >= 0.6 is 15.9 Å². The Balaban J connectivity index is 2.88. The third-order valence-corrected chi connectivity index (χ3v) is 3.77. The highest BCUT2D eigenvalue weighted by Gasteiger charge is 2.30. The summed E-state index contributed by atoms with van der Waals surface area (Å²) in [6.45, 7) is 0.547. The Bertz CT molecular complexity index is 403. The summed E-state index contributed by atoms with van der Waals surface area (Å²) in [6.07, 6.45) is 1.31. The van der Waals surface area contributed by atoms with Gasteiger partial charge in [-0.2, -0.15) is 0 Å². The minimum Gasteiger partial charge on any atom is -0.497 e. The lowest BCUT2D eigenvalue weighted by Crippen LogP contribution is -2.32. The second-order valence-electron chi connectivity index (χ2n) is 4.61. The molecule has 0 spiro atoms. The summed E-state index contributed by atoms with van der Waals surface area (Å²) >= 11 is 3.44. The van der Waals surface area contributed by atoms with Crippen molar-refractivity contribution >= 4 is 15.9 Å². The molecule has 0 aliphatic rings. The van der Waals surface area contributed by atoms with E-state index in [2.05, 4.69) is 15.9 Å². The fourth-order valence-corrected chi connectivity index (χ4v) is 2.43. The van der Waals surface area contributed by atoms with E-state index in [1.165, 1.54) is 7.11 Å². The molecule has 0 fully saturated rings. The highest BCUT2D eigenvalue weighted by molar-refractivity contribution is 9.10. The summed E-state index contributed by atoms with van der Waals surface area (Å²) < 4.78 is 25.9. The van der Waals surface area contributed by atoms with E-state index < -0.39 is 5.67 Å². The van der Waals surface area contributed by atoms with Gasteiger partial charge in [0.2, 0.25) is 0 Å². The number of halogens is 2. The van der Waals surface area contributed by atoms with Gasteiger partial charge in [0, 0.05) is 18.0 Å². The Hall–Kier alpha value is -0.650. The maximum atomic E-state index is 14.8. The first-order valence-corrected chi connectivity index (χ1v) is 7.04. The third kappa shape index (κ3) is 5.09. The van der Waals surface area contributed by atoms with Crippen molar-refractivity contribution in [3.8, 4) is 5.75 Å². The molecule has 0 saturated heterocycles. The maximum Gasteiger partial charge on any atom is 0.138 e. The lowest BCUT2D eigenvalue weighted by molar-refractivity contribution is 0.0333. The molecule has 19 heavy (non-hydrogen) atoms. The molecule has 0 bridgehead atoms. The molecule has 0 radical (unpaired) electrons. The number of ether oxygens (including phenoxy) is 2. The standard InChI is InChI=1S/C14H21BrFNO2/c1-18-10-14(16,6-3-7-17)9-11-8-12(19-2)4-5-13(11)15/h4-5,8H,3,6-7,9-10,17H2,1-2H3. The minimum absolute atomic E-state index is 0.0661. The van der Waals surface area contributed by atoms with E-state index in [0.29, 0.717) is 19.4 Å². The molecular formula is C14H21BrFNO2. The number of hydrogen-bond donors (Lipinski definition) is 1. The maximum absolute atomic E-state index is 14.8. The molecular weight excluding hydrogens is 313 g/mol. The first-order valence-electron chi connectivity index (χ1n) is 6.25. The molecule has 1 aromatic rings. The zero-order chi connectivity index (χ0) is 14.3. The fourth-order valence-electron chi connectivity index (χ4n) is 2.04. The molecule has 1 rings (SSSR count). The minimum atomic E-state index is -1.40. The van der Waals surface area contributed by atoms with Gasteiger partial charge in [0.05, 0.1) is 13.7 Å². The lowest BCUT2D eigenvalue weighted by Gasteiger charge is -2.25. The Kier molecular flexibility index (Phi) is 6.75. The summed E-state index contributed by atoms with van der Waals surface area (Å²) in [5.41, 5.74) is 4.94. The molecule has 0 aliphatic heterocycles. The van der Waals surface area contributed by atoms with Crippen LogP contribution in [0.25, 0.3) is 0 Å². The second-order valence-corrected chi connectivity index (χ2v) is 5.46. The van der Waals surface area contributed by atoms with Gasteiger partial charge >= 0.3 is 0 Å². The van der Waals surface area contributed by atoms with E-state index in [9.17, 15) is 4.39 Å². The molecule has 1 aromatic carbocycles. The average molecular weight is 334 g/mol. The SMILES string of the molecule is COCC(F)(CCCN)Cc1cc(OC)ccc1Br. The Labute approximate surface area is 122 Å². The quantitative estimate of drug-likeness (QED) is 0.795. The van der Waals surface area contributed by atoms with Crippen molar-refractivity contribution < 1.29 is 13.9 Å². The van der Waals surface area contributed by atoms with E-state index in [-0.39, 0.29) is 13.0 Å². The summed E-state index contributed by atoms with van der Waals surface area (Å²) in [6, 6.07) is 5.55. The first kappa shape index (κ1) is 16.4. The monoisotopic (exact) mass is 333 g/mol. The smallest absolute Gasteiger partial charge is 0.138 e. The number of alkyl halides is 1. The van der Waals surface area contributed by atoms with E-state index in [0.717, 1.165) is 15.8 Å².